The van der Waals surface area contributed by atoms with Crippen molar-refractivity contribution in [3.05, 3.63) is 29.0 Å². The number of carbonyl (C=O) groups excluding carboxylic acids is 1. The number of likely N-dealkylation sites (tertiary alicyclic amines) is 1. The molecule has 1 aliphatic heterocycles. The van der Waals surface area contributed by atoms with Crippen LogP contribution in [0, 0.1) is 5.41 Å². The Kier molecular flexibility index (Phi) is 3.91. The average Bonchev–Trinajstić information content (AvgIpc) is 2.45. The Morgan fingerprint density at radius 3 is 2.83 bits per heavy atom. The Morgan fingerprint density at radius 1 is 1.39 bits per heavy atom. The smallest absolute Gasteiger partial charge is 0.222 e. The summed E-state index contributed by atoms with van der Waals surface area (Å²) >= 11 is 5.75. The number of rotatable bonds is 2. The van der Waals surface area contributed by atoms with Gasteiger partial charge in [0, 0.05) is 25.7 Å². The molecule has 1 aromatic rings. The third-order valence-electron chi connectivity index (χ3n) is 3.59. The molecule has 1 aliphatic rings. The van der Waals surface area contributed by atoms with Crippen molar-refractivity contribution in [1.29, 1.82) is 0 Å². The van der Waals surface area contributed by atoms with Gasteiger partial charge < -0.3 is 4.90 Å². The quantitative estimate of drug-likeness (QED) is 0.770. The Hall–Kier alpha value is -1.09. The lowest BCUT2D eigenvalue weighted by atomic mass is 9.85. The molecule has 0 aliphatic carbocycles. The van der Waals surface area contributed by atoms with E-state index in [1.165, 1.54) is 0 Å². The molecule has 1 amide bonds. The van der Waals surface area contributed by atoms with E-state index in [9.17, 15) is 4.79 Å². The van der Waals surface area contributed by atoms with Crippen molar-refractivity contribution in [1.82, 2.24) is 9.88 Å². The third-order valence-corrected chi connectivity index (χ3v) is 3.81. The van der Waals surface area contributed by atoms with Crippen molar-refractivity contribution >= 4 is 17.5 Å². The van der Waals surface area contributed by atoms with E-state index in [-0.39, 0.29) is 11.3 Å². The van der Waals surface area contributed by atoms with Crippen LogP contribution in [-0.4, -0.2) is 22.3 Å². The second kappa shape index (κ2) is 5.27. The van der Waals surface area contributed by atoms with Gasteiger partial charge in [-0.3, -0.25) is 4.79 Å². The van der Waals surface area contributed by atoms with Crippen molar-refractivity contribution in [2.24, 2.45) is 5.41 Å². The number of halogens is 1. The highest BCUT2D eigenvalue weighted by atomic mass is 35.5. The minimum Gasteiger partial charge on any atom is -0.338 e. The van der Waals surface area contributed by atoms with Gasteiger partial charge in [0.1, 0.15) is 5.15 Å². The van der Waals surface area contributed by atoms with Crippen LogP contribution in [0.25, 0.3) is 0 Å². The van der Waals surface area contributed by atoms with E-state index in [1.807, 2.05) is 11.0 Å². The molecule has 0 aromatic carbocycles. The van der Waals surface area contributed by atoms with Gasteiger partial charge in [0.05, 0.1) is 0 Å². The van der Waals surface area contributed by atoms with Crippen LogP contribution in [0.1, 0.15) is 38.7 Å². The Balaban J connectivity index is 2.04. The van der Waals surface area contributed by atoms with E-state index in [1.54, 1.807) is 12.3 Å². The van der Waals surface area contributed by atoms with Gasteiger partial charge >= 0.3 is 0 Å². The second-order valence-corrected chi connectivity index (χ2v) is 6.11. The van der Waals surface area contributed by atoms with E-state index in [4.69, 9.17) is 11.6 Å². The fraction of sp³-hybridized carbons (Fsp3) is 0.571. The maximum atomic E-state index is 12.1. The first-order valence-corrected chi connectivity index (χ1v) is 6.72. The van der Waals surface area contributed by atoms with Gasteiger partial charge in [-0.25, -0.2) is 4.98 Å². The summed E-state index contributed by atoms with van der Waals surface area (Å²) in [5.41, 5.74) is 1.30. The van der Waals surface area contributed by atoms with Gasteiger partial charge in [0.25, 0.3) is 0 Å². The summed E-state index contributed by atoms with van der Waals surface area (Å²) in [6, 6.07) is 3.70. The lowest BCUT2D eigenvalue weighted by Crippen LogP contribution is -2.30. The molecular weight excluding hydrogens is 248 g/mol. The van der Waals surface area contributed by atoms with E-state index in [0.29, 0.717) is 18.1 Å². The van der Waals surface area contributed by atoms with Crippen LogP contribution >= 0.6 is 11.6 Å². The van der Waals surface area contributed by atoms with Crippen LogP contribution in [0.3, 0.4) is 0 Å². The molecule has 3 nitrogen and oxygen atoms in total. The summed E-state index contributed by atoms with van der Waals surface area (Å²) in [6.45, 7) is 5.93. The van der Waals surface area contributed by atoms with E-state index < -0.39 is 0 Å². The van der Waals surface area contributed by atoms with Gasteiger partial charge in [-0.2, -0.15) is 0 Å². The predicted molar refractivity (Wildman–Crippen MR) is 72.3 cm³/mol. The number of pyridine rings is 1. The largest absolute Gasteiger partial charge is 0.338 e. The van der Waals surface area contributed by atoms with Gasteiger partial charge in [0.2, 0.25) is 5.91 Å². The molecule has 0 unspecified atom stereocenters. The molecule has 0 spiro atoms. The van der Waals surface area contributed by atoms with Crippen molar-refractivity contribution < 1.29 is 4.79 Å². The number of carbonyl (C=O) groups is 1. The summed E-state index contributed by atoms with van der Waals surface area (Å²) in [5.74, 6) is 0.246. The standard InChI is InChI=1S/C14H19ClN2O/c1-14(2)6-5-13(18)17(8-7-14)10-11-3-4-12(15)16-9-11/h3-4,9H,5-8,10H2,1-2H3. The van der Waals surface area contributed by atoms with E-state index >= 15 is 0 Å². The normalized spacial score (nSPS) is 19.7. The average molecular weight is 267 g/mol. The number of aromatic nitrogens is 1. The minimum atomic E-state index is 0.246. The molecule has 0 saturated carbocycles. The zero-order chi connectivity index (χ0) is 13.2. The highest BCUT2D eigenvalue weighted by Crippen LogP contribution is 2.30. The zero-order valence-corrected chi connectivity index (χ0v) is 11.7. The van der Waals surface area contributed by atoms with E-state index in [0.717, 1.165) is 24.9 Å². The van der Waals surface area contributed by atoms with Crippen LogP contribution in [0.5, 0.6) is 0 Å². The highest BCUT2D eigenvalue weighted by Gasteiger charge is 2.27. The molecule has 98 valence electrons. The lowest BCUT2D eigenvalue weighted by Gasteiger charge is -2.23. The number of nitrogens with zero attached hydrogens (tertiary/aromatic N) is 2. The van der Waals surface area contributed by atoms with Crippen LogP contribution in [0.15, 0.2) is 18.3 Å². The molecule has 2 heterocycles. The molecule has 1 fully saturated rings. The monoisotopic (exact) mass is 266 g/mol. The fourth-order valence-electron chi connectivity index (χ4n) is 2.18. The Bertz CT molecular complexity index is 428. The van der Waals surface area contributed by atoms with Gasteiger partial charge in [0.15, 0.2) is 0 Å². The van der Waals surface area contributed by atoms with Gasteiger partial charge in [-0.15, -0.1) is 0 Å². The summed E-state index contributed by atoms with van der Waals surface area (Å²) in [7, 11) is 0. The molecular formula is C14H19ClN2O. The molecule has 0 atom stereocenters. The summed E-state index contributed by atoms with van der Waals surface area (Å²) in [5, 5.41) is 0.488. The molecule has 0 radical (unpaired) electrons. The Morgan fingerprint density at radius 2 is 2.17 bits per heavy atom. The topological polar surface area (TPSA) is 33.2 Å². The van der Waals surface area contributed by atoms with Gasteiger partial charge in [-0.05, 0) is 29.9 Å². The maximum Gasteiger partial charge on any atom is 0.222 e. The summed E-state index contributed by atoms with van der Waals surface area (Å²) < 4.78 is 0. The number of hydrogen-bond acceptors (Lipinski definition) is 2. The van der Waals surface area contributed by atoms with Crippen molar-refractivity contribution in [3.8, 4) is 0 Å². The predicted octanol–water partition coefficient (Wildman–Crippen LogP) is 3.27. The zero-order valence-electron chi connectivity index (χ0n) is 10.9. The number of hydrogen-bond donors (Lipinski definition) is 0. The SMILES string of the molecule is CC1(C)CCC(=O)N(Cc2ccc(Cl)nc2)CC1. The highest BCUT2D eigenvalue weighted by molar-refractivity contribution is 6.29. The van der Waals surface area contributed by atoms with Crippen molar-refractivity contribution in [2.75, 3.05) is 6.54 Å². The summed E-state index contributed by atoms with van der Waals surface area (Å²) in [6.07, 6.45) is 4.42. The summed E-state index contributed by atoms with van der Waals surface area (Å²) in [4.78, 5) is 18.0. The third kappa shape index (κ3) is 3.45. The fourth-order valence-corrected chi connectivity index (χ4v) is 2.29. The molecule has 4 heteroatoms. The van der Waals surface area contributed by atoms with Crippen LogP contribution in [0.4, 0.5) is 0 Å². The van der Waals surface area contributed by atoms with Crippen LogP contribution in [0.2, 0.25) is 5.15 Å². The second-order valence-electron chi connectivity index (χ2n) is 5.72. The first-order valence-electron chi connectivity index (χ1n) is 6.34. The van der Waals surface area contributed by atoms with Crippen molar-refractivity contribution in [2.45, 2.75) is 39.7 Å². The molecule has 0 N–H and O–H groups in total. The first kappa shape index (κ1) is 13.3. The minimum absolute atomic E-state index is 0.246. The number of amides is 1. The molecule has 18 heavy (non-hydrogen) atoms. The van der Waals surface area contributed by atoms with Crippen molar-refractivity contribution in [3.63, 3.8) is 0 Å². The lowest BCUT2D eigenvalue weighted by molar-refractivity contribution is -0.131. The molecule has 0 bridgehead atoms. The molecule has 1 saturated heterocycles. The molecule has 2 rings (SSSR count). The van der Waals surface area contributed by atoms with Gasteiger partial charge in [-0.1, -0.05) is 31.5 Å². The van der Waals surface area contributed by atoms with Crippen LogP contribution < -0.4 is 0 Å². The maximum absolute atomic E-state index is 12.1. The van der Waals surface area contributed by atoms with E-state index in [2.05, 4.69) is 18.8 Å². The first-order chi connectivity index (χ1) is 8.46. The van der Waals surface area contributed by atoms with Crippen LogP contribution in [-0.2, 0) is 11.3 Å². The molecule has 1 aromatic heterocycles. The Labute approximate surface area is 113 Å².